The summed E-state index contributed by atoms with van der Waals surface area (Å²) in [4.78, 5) is 30.7. The van der Waals surface area contributed by atoms with Crippen molar-refractivity contribution >= 4 is 36.8 Å². The minimum Gasteiger partial charge on any atom is -0.776 e. The summed E-state index contributed by atoms with van der Waals surface area (Å²) in [6.07, 6.45) is 0. The fourth-order valence-electron chi connectivity index (χ4n) is 0.969. The van der Waals surface area contributed by atoms with Gasteiger partial charge in [-0.3, -0.25) is 0 Å². The van der Waals surface area contributed by atoms with Crippen LogP contribution >= 0.6 is 30.8 Å². The Bertz CT molecular complexity index is 491. The number of ether oxygens (including phenoxy) is 2. The maximum atomic E-state index is 11.4. The van der Waals surface area contributed by atoms with Crippen LogP contribution in [0.1, 0.15) is 6.92 Å². The van der Waals surface area contributed by atoms with E-state index in [1.165, 1.54) is 24.3 Å². The fourth-order valence-corrected chi connectivity index (χ4v) is 1.49. The molecule has 1 rings (SSSR count). The van der Waals surface area contributed by atoms with E-state index in [-0.39, 0.29) is 24.6 Å². The van der Waals surface area contributed by atoms with E-state index >= 15 is 0 Å². The minimum absolute atomic E-state index is 0. The van der Waals surface area contributed by atoms with Crippen molar-refractivity contribution in [1.82, 2.24) is 0 Å². The summed E-state index contributed by atoms with van der Waals surface area (Å²) in [7, 11) is -4.76. The molecule has 106 valence electrons. The predicted octanol–water partition coefficient (Wildman–Crippen LogP) is -1.28. The van der Waals surface area contributed by atoms with Crippen LogP contribution in [0.25, 0.3) is 0 Å². The second-order valence-electron chi connectivity index (χ2n) is 3.49. The molecule has 0 spiro atoms. The Morgan fingerprint density at radius 1 is 1.40 bits per heavy atom. The van der Waals surface area contributed by atoms with Crippen LogP contribution in [-0.4, -0.2) is 22.3 Å². The van der Waals surface area contributed by atoms with Gasteiger partial charge in [0.05, 0.1) is 0 Å². The van der Waals surface area contributed by atoms with Gasteiger partial charge in [0.15, 0.2) is 13.4 Å². The predicted molar refractivity (Wildman–Crippen MR) is 67.1 cm³/mol. The number of benzene rings is 1. The number of esters is 1. The topological polar surface area (TPSA) is 95.9 Å². The molecule has 3 unspecified atom stereocenters. The Hall–Kier alpha value is -0.183. The molecule has 0 aliphatic rings. The molecule has 0 amide bonds. The summed E-state index contributed by atoms with van der Waals surface area (Å²) in [5.74, 6) is -2.58. The zero-order chi connectivity index (χ0) is 14.6. The molecule has 6 nitrogen and oxygen atoms in total. The summed E-state index contributed by atoms with van der Waals surface area (Å²) in [5, 5.41) is 0.474. The first-order chi connectivity index (χ1) is 8.70. The van der Waals surface area contributed by atoms with Gasteiger partial charge in [-0.05, 0) is 31.2 Å². The quantitative estimate of drug-likeness (QED) is 0.312. The van der Waals surface area contributed by atoms with Crippen molar-refractivity contribution in [2.24, 2.45) is 0 Å². The largest absolute Gasteiger partial charge is 1.00 e. The molecule has 1 aromatic rings. The first-order valence-electron chi connectivity index (χ1n) is 5.00. The Morgan fingerprint density at radius 3 is 2.35 bits per heavy atom. The van der Waals surface area contributed by atoms with E-state index in [4.69, 9.17) is 32.8 Å². The van der Waals surface area contributed by atoms with Crippen LogP contribution in [0.2, 0.25) is 5.02 Å². The third kappa shape index (κ3) is 6.51. The van der Waals surface area contributed by atoms with E-state index in [0.717, 1.165) is 6.92 Å². The Morgan fingerprint density at radius 2 is 1.90 bits per heavy atom. The molecule has 0 aromatic heterocycles. The molecule has 0 heterocycles. The number of carbonyl (C=O) groups excluding carboxylic acids is 1. The number of halogens is 2. The van der Waals surface area contributed by atoms with Crippen LogP contribution in [0.15, 0.2) is 24.3 Å². The summed E-state index contributed by atoms with van der Waals surface area (Å²) < 4.78 is 20.1. The van der Waals surface area contributed by atoms with E-state index in [1.54, 1.807) is 0 Å². The maximum absolute atomic E-state index is 11.4. The second-order valence-corrected chi connectivity index (χ2v) is 6.18. The van der Waals surface area contributed by atoms with Gasteiger partial charge in [0.2, 0.25) is 0 Å². The summed E-state index contributed by atoms with van der Waals surface area (Å²) in [5.41, 5.74) is -1.55. The van der Waals surface area contributed by atoms with Gasteiger partial charge in [-0.25, -0.2) is 4.79 Å². The fraction of sp³-hybridized carbons (Fsp3) is 0.300. The number of alkyl halides is 1. The van der Waals surface area contributed by atoms with Gasteiger partial charge in [0, 0.05) is 5.02 Å². The summed E-state index contributed by atoms with van der Waals surface area (Å²) in [6, 6.07) is 5.99. The van der Waals surface area contributed by atoms with E-state index in [9.17, 15) is 14.3 Å². The summed E-state index contributed by atoms with van der Waals surface area (Å²) in [6.45, 7) is 0.998. The Balaban J connectivity index is 0.00000361. The molecule has 0 fully saturated rings. The van der Waals surface area contributed by atoms with Gasteiger partial charge in [-0.15, -0.1) is 0 Å². The molecule has 0 saturated carbocycles. The van der Waals surface area contributed by atoms with Gasteiger partial charge in [0.25, 0.3) is 5.56 Å². The van der Waals surface area contributed by atoms with Crippen LogP contribution in [0.4, 0.5) is 0 Å². The van der Waals surface area contributed by atoms with Crippen molar-refractivity contribution in [3.05, 3.63) is 29.3 Å². The Kier molecular flexibility index (Phi) is 8.23. The first kappa shape index (κ1) is 19.8. The molecule has 20 heavy (non-hydrogen) atoms. The maximum Gasteiger partial charge on any atom is 1.00 e. The molecule has 0 aliphatic heterocycles. The number of rotatable bonds is 5. The molecule has 0 radical (unpaired) electrons. The van der Waals surface area contributed by atoms with Gasteiger partial charge in [0.1, 0.15) is 5.75 Å². The molecule has 3 atom stereocenters. The number of carbonyl (C=O) groups is 1. The molecule has 1 N–H and O–H groups in total. The number of hydrogen-bond acceptors (Lipinski definition) is 5. The van der Waals surface area contributed by atoms with Gasteiger partial charge < -0.3 is 23.8 Å². The van der Waals surface area contributed by atoms with Crippen molar-refractivity contribution < 1.29 is 47.5 Å². The zero-order valence-electron chi connectivity index (χ0n) is 10.7. The van der Waals surface area contributed by atoms with Crippen molar-refractivity contribution in [2.45, 2.75) is 18.3 Å². The third-order valence-electron chi connectivity index (χ3n) is 1.98. The first-order valence-corrected chi connectivity index (χ1v) is 7.46. The molecule has 10 heteroatoms. The molecule has 0 aliphatic carbocycles. The minimum atomic E-state index is -4.76. The SMILES string of the molecule is CC(OC(=O)C(Cl)Oc1ccc(Cl)cc1)P(=O)([O-])O.[Li+]. The van der Waals surface area contributed by atoms with Crippen molar-refractivity contribution in [3.8, 4) is 5.75 Å². The molecular formula is C10H10Cl2LiO6P. The van der Waals surface area contributed by atoms with E-state index in [0.29, 0.717) is 5.02 Å². The standard InChI is InChI=1S/C10H11Cl2O6P.Li/c1-6(19(14,15)16)17-10(13)9(12)18-8-4-2-7(11)3-5-8;/h2-6,9H,1H3,(H2,14,15,16);/q;+1/p-1. The number of hydrogen-bond donors (Lipinski definition) is 1. The van der Waals surface area contributed by atoms with Gasteiger partial charge in [-0.2, -0.15) is 0 Å². The second kappa shape index (κ2) is 8.31. The van der Waals surface area contributed by atoms with E-state index in [2.05, 4.69) is 4.74 Å². The van der Waals surface area contributed by atoms with E-state index in [1.807, 2.05) is 0 Å². The van der Waals surface area contributed by atoms with E-state index < -0.39 is 25.0 Å². The molecule has 0 bridgehead atoms. The molecular weight excluding hydrogens is 325 g/mol. The van der Waals surface area contributed by atoms with Crippen LogP contribution < -0.4 is 28.5 Å². The zero-order valence-corrected chi connectivity index (χ0v) is 13.1. The van der Waals surface area contributed by atoms with Crippen LogP contribution in [0.3, 0.4) is 0 Å². The average Bonchev–Trinajstić information content (AvgIpc) is 2.30. The van der Waals surface area contributed by atoms with Crippen molar-refractivity contribution in [1.29, 1.82) is 0 Å². The van der Waals surface area contributed by atoms with Crippen LogP contribution in [0, 0.1) is 0 Å². The van der Waals surface area contributed by atoms with Gasteiger partial charge in [-0.1, -0.05) is 23.2 Å². The smallest absolute Gasteiger partial charge is 0.776 e. The third-order valence-corrected chi connectivity index (χ3v) is 3.53. The summed E-state index contributed by atoms with van der Waals surface area (Å²) >= 11 is 11.3. The monoisotopic (exact) mass is 334 g/mol. The average molecular weight is 335 g/mol. The van der Waals surface area contributed by atoms with Crippen LogP contribution in [-0.2, 0) is 14.1 Å². The van der Waals surface area contributed by atoms with Gasteiger partial charge >= 0.3 is 24.8 Å². The molecule has 1 aromatic carbocycles. The van der Waals surface area contributed by atoms with Crippen molar-refractivity contribution in [3.63, 3.8) is 0 Å². The molecule has 0 saturated heterocycles. The van der Waals surface area contributed by atoms with Crippen molar-refractivity contribution in [2.75, 3.05) is 0 Å². The normalized spacial score (nSPS) is 16.2. The Labute approximate surface area is 137 Å². The van der Waals surface area contributed by atoms with Crippen LogP contribution in [0.5, 0.6) is 5.75 Å².